The van der Waals surface area contributed by atoms with Crippen LogP contribution in [-0.2, 0) is 0 Å². The molecule has 0 bridgehead atoms. The molecule has 1 aliphatic heterocycles. The van der Waals surface area contributed by atoms with Crippen molar-refractivity contribution in [1.82, 2.24) is 0 Å². The van der Waals surface area contributed by atoms with Crippen LogP contribution in [0.3, 0.4) is 0 Å². The maximum atomic E-state index is 9.52. The van der Waals surface area contributed by atoms with Crippen molar-refractivity contribution in [3.05, 3.63) is 57.6 Å². The first-order valence-corrected chi connectivity index (χ1v) is 6.52. The number of fused-ring (bicyclic) bond motifs is 1. The monoisotopic (exact) mass is 270 g/mol. The highest BCUT2D eigenvalue weighted by atomic mass is 32.1. The first-order valence-electron chi connectivity index (χ1n) is 5.64. The molecular weight excluding hydrogens is 260 g/mol. The van der Waals surface area contributed by atoms with Gasteiger partial charge in [-0.25, -0.2) is 0 Å². The minimum atomic E-state index is -0.227. The molecule has 0 amide bonds. The van der Waals surface area contributed by atoms with Crippen LogP contribution in [0.1, 0.15) is 16.4 Å². The van der Waals surface area contributed by atoms with Crippen LogP contribution in [0.25, 0.3) is 0 Å². The zero-order valence-corrected chi connectivity index (χ0v) is 10.6. The van der Waals surface area contributed by atoms with Gasteiger partial charge in [-0.2, -0.15) is 5.26 Å². The van der Waals surface area contributed by atoms with E-state index in [1.54, 1.807) is 23.5 Å². The van der Waals surface area contributed by atoms with E-state index in [0.717, 1.165) is 10.4 Å². The third-order valence-electron chi connectivity index (χ3n) is 3.03. The SMILES string of the molecule is N#CC1=C(N)Oc2cc(O)ccc2[C@@H]1c1cccs1. The minimum absolute atomic E-state index is 0.0963. The Morgan fingerprint density at radius 1 is 1.37 bits per heavy atom. The summed E-state index contributed by atoms with van der Waals surface area (Å²) in [5, 5.41) is 20.8. The van der Waals surface area contributed by atoms with Crippen molar-refractivity contribution >= 4 is 11.3 Å². The number of aromatic hydroxyl groups is 1. The Morgan fingerprint density at radius 3 is 2.89 bits per heavy atom. The second kappa shape index (κ2) is 4.34. The highest BCUT2D eigenvalue weighted by Gasteiger charge is 2.31. The number of nitriles is 1. The third-order valence-corrected chi connectivity index (χ3v) is 3.97. The van der Waals surface area contributed by atoms with Crippen LogP contribution in [0.5, 0.6) is 11.5 Å². The number of hydrogen-bond acceptors (Lipinski definition) is 5. The zero-order valence-electron chi connectivity index (χ0n) is 9.83. The summed E-state index contributed by atoms with van der Waals surface area (Å²) < 4.78 is 5.42. The van der Waals surface area contributed by atoms with Crippen molar-refractivity contribution in [1.29, 1.82) is 5.26 Å². The van der Waals surface area contributed by atoms with Crippen LogP contribution in [-0.4, -0.2) is 5.11 Å². The number of ether oxygens (including phenoxy) is 1. The molecule has 0 radical (unpaired) electrons. The predicted octanol–water partition coefficient (Wildman–Crippen LogP) is 2.67. The van der Waals surface area contributed by atoms with Crippen LogP contribution in [0.2, 0.25) is 0 Å². The molecule has 0 fully saturated rings. The predicted molar refractivity (Wildman–Crippen MR) is 71.7 cm³/mol. The van der Waals surface area contributed by atoms with E-state index in [-0.39, 0.29) is 17.6 Å². The Hall–Kier alpha value is -2.45. The third kappa shape index (κ3) is 1.83. The molecule has 2 heterocycles. The maximum Gasteiger partial charge on any atom is 0.205 e. The number of phenolic OH excluding ortho intramolecular Hbond substituents is 1. The molecule has 94 valence electrons. The Labute approximate surface area is 114 Å². The lowest BCUT2D eigenvalue weighted by molar-refractivity contribution is 0.388. The summed E-state index contributed by atoms with van der Waals surface area (Å²) in [5.41, 5.74) is 7.05. The number of nitrogens with zero attached hydrogens (tertiary/aromatic N) is 1. The number of benzene rings is 1. The van der Waals surface area contributed by atoms with E-state index in [2.05, 4.69) is 6.07 Å². The van der Waals surface area contributed by atoms with Gasteiger partial charge in [-0.05, 0) is 17.5 Å². The second-order valence-corrected chi connectivity index (χ2v) is 5.14. The first kappa shape index (κ1) is 11.6. The molecule has 0 spiro atoms. The molecule has 0 aliphatic carbocycles. The summed E-state index contributed by atoms with van der Waals surface area (Å²) in [6.07, 6.45) is 0. The van der Waals surface area contributed by atoms with Gasteiger partial charge >= 0.3 is 0 Å². The standard InChI is InChI=1S/C14H10N2O2S/c15-7-10-13(12-2-1-5-19-12)9-4-3-8(17)6-11(9)18-14(10)16/h1-6,13,17H,16H2/t13-/m0/s1. The van der Waals surface area contributed by atoms with E-state index in [9.17, 15) is 10.4 Å². The summed E-state index contributed by atoms with van der Waals surface area (Å²) in [7, 11) is 0. The molecule has 3 N–H and O–H groups in total. The zero-order chi connectivity index (χ0) is 13.4. The second-order valence-electron chi connectivity index (χ2n) is 4.16. The van der Waals surface area contributed by atoms with E-state index >= 15 is 0 Å². The van der Waals surface area contributed by atoms with Gasteiger partial charge in [-0.15, -0.1) is 11.3 Å². The molecule has 3 rings (SSSR count). The molecule has 5 heteroatoms. The molecule has 0 saturated heterocycles. The summed E-state index contributed by atoms with van der Waals surface area (Å²) in [4.78, 5) is 1.02. The van der Waals surface area contributed by atoms with Gasteiger partial charge < -0.3 is 15.6 Å². The van der Waals surface area contributed by atoms with Gasteiger partial charge in [-0.1, -0.05) is 12.1 Å². The quantitative estimate of drug-likeness (QED) is 0.835. The highest BCUT2D eigenvalue weighted by molar-refractivity contribution is 7.10. The molecule has 4 nitrogen and oxygen atoms in total. The van der Waals surface area contributed by atoms with Crippen LogP contribution < -0.4 is 10.5 Å². The Balaban J connectivity index is 2.23. The average Bonchev–Trinajstić information content (AvgIpc) is 2.90. The van der Waals surface area contributed by atoms with Crippen molar-refractivity contribution in [2.75, 3.05) is 0 Å². The largest absolute Gasteiger partial charge is 0.508 e. The lowest BCUT2D eigenvalue weighted by Gasteiger charge is -2.25. The van der Waals surface area contributed by atoms with Crippen LogP contribution in [0.15, 0.2) is 47.2 Å². The van der Waals surface area contributed by atoms with E-state index in [1.807, 2.05) is 17.5 Å². The highest BCUT2D eigenvalue weighted by Crippen LogP contribution is 2.44. The number of rotatable bonds is 1. The van der Waals surface area contributed by atoms with Crippen molar-refractivity contribution < 1.29 is 9.84 Å². The van der Waals surface area contributed by atoms with E-state index in [4.69, 9.17) is 10.5 Å². The van der Waals surface area contributed by atoms with E-state index in [1.165, 1.54) is 6.07 Å². The Kier molecular flexibility index (Phi) is 2.65. The van der Waals surface area contributed by atoms with Crippen molar-refractivity contribution in [3.63, 3.8) is 0 Å². The van der Waals surface area contributed by atoms with E-state index in [0.29, 0.717) is 11.3 Å². The number of thiophene rings is 1. The molecule has 1 atom stereocenters. The maximum absolute atomic E-state index is 9.52. The van der Waals surface area contributed by atoms with Crippen molar-refractivity contribution in [2.45, 2.75) is 5.92 Å². The smallest absolute Gasteiger partial charge is 0.205 e. The number of phenols is 1. The fraction of sp³-hybridized carbons (Fsp3) is 0.0714. The first-order chi connectivity index (χ1) is 9.20. The van der Waals surface area contributed by atoms with Crippen LogP contribution in [0, 0.1) is 11.3 Å². The number of nitrogens with two attached hydrogens (primary N) is 1. The Morgan fingerprint density at radius 2 is 2.21 bits per heavy atom. The summed E-state index contributed by atoms with van der Waals surface area (Å²) >= 11 is 1.56. The van der Waals surface area contributed by atoms with Gasteiger partial charge in [0.2, 0.25) is 5.88 Å². The fourth-order valence-corrected chi connectivity index (χ4v) is 3.04. The van der Waals surface area contributed by atoms with Crippen LogP contribution >= 0.6 is 11.3 Å². The molecule has 2 aromatic rings. The van der Waals surface area contributed by atoms with Crippen molar-refractivity contribution in [2.24, 2.45) is 5.73 Å². The molecule has 0 unspecified atom stereocenters. The summed E-state index contributed by atoms with van der Waals surface area (Å²) in [6.45, 7) is 0. The van der Waals surface area contributed by atoms with Gasteiger partial charge in [0.1, 0.15) is 23.1 Å². The summed E-state index contributed by atoms with van der Waals surface area (Å²) in [5.74, 6) is 0.472. The molecule has 0 saturated carbocycles. The average molecular weight is 270 g/mol. The molecular formula is C14H10N2O2S. The van der Waals surface area contributed by atoms with Crippen molar-refractivity contribution in [3.8, 4) is 17.6 Å². The molecule has 19 heavy (non-hydrogen) atoms. The van der Waals surface area contributed by atoms with Gasteiger partial charge in [0.05, 0.1) is 5.92 Å². The summed E-state index contributed by atoms with van der Waals surface area (Å²) in [6, 6.07) is 10.9. The molecule has 1 aromatic carbocycles. The lowest BCUT2D eigenvalue weighted by Crippen LogP contribution is -2.20. The minimum Gasteiger partial charge on any atom is -0.508 e. The fourth-order valence-electron chi connectivity index (χ4n) is 2.19. The number of allylic oxidation sites excluding steroid dienone is 1. The molecule has 1 aromatic heterocycles. The Bertz CT molecular complexity index is 699. The lowest BCUT2D eigenvalue weighted by atomic mass is 9.88. The van der Waals surface area contributed by atoms with Gasteiger partial charge in [0.25, 0.3) is 0 Å². The normalized spacial score (nSPS) is 17.5. The van der Waals surface area contributed by atoms with Gasteiger partial charge in [0, 0.05) is 16.5 Å². The van der Waals surface area contributed by atoms with Gasteiger partial charge in [-0.3, -0.25) is 0 Å². The van der Waals surface area contributed by atoms with Gasteiger partial charge in [0.15, 0.2) is 0 Å². The topological polar surface area (TPSA) is 79.3 Å². The van der Waals surface area contributed by atoms with E-state index < -0.39 is 0 Å². The molecule has 1 aliphatic rings. The number of hydrogen-bond donors (Lipinski definition) is 2. The van der Waals surface area contributed by atoms with Crippen LogP contribution in [0.4, 0.5) is 0 Å².